The molecule has 1 aliphatic heterocycles. The van der Waals surface area contributed by atoms with E-state index in [9.17, 15) is 9.59 Å². The van der Waals surface area contributed by atoms with Gasteiger partial charge in [0.05, 0.1) is 0 Å². The first-order valence-electron chi connectivity index (χ1n) is 8.96. The zero-order valence-electron chi connectivity index (χ0n) is 15.0. The first kappa shape index (κ1) is 17.8. The summed E-state index contributed by atoms with van der Waals surface area (Å²) in [5, 5.41) is 6.61. The summed E-state index contributed by atoms with van der Waals surface area (Å²) in [6, 6.07) is 10.6. The van der Waals surface area contributed by atoms with Gasteiger partial charge in [0.2, 0.25) is 29.4 Å². The summed E-state index contributed by atoms with van der Waals surface area (Å²) in [6.45, 7) is 0.581. The lowest BCUT2D eigenvalue weighted by Crippen LogP contribution is -2.41. The van der Waals surface area contributed by atoms with Crippen molar-refractivity contribution in [3.05, 3.63) is 54.7 Å². The lowest BCUT2D eigenvalue weighted by molar-refractivity contribution is -0.126. The van der Waals surface area contributed by atoms with Crippen molar-refractivity contribution >= 4 is 17.5 Å². The van der Waals surface area contributed by atoms with Gasteiger partial charge < -0.3 is 14.7 Å². The van der Waals surface area contributed by atoms with Crippen molar-refractivity contribution in [3.63, 3.8) is 0 Å². The highest BCUT2D eigenvalue weighted by Gasteiger charge is 2.33. The van der Waals surface area contributed by atoms with Gasteiger partial charge in [0, 0.05) is 37.5 Å². The molecule has 9 nitrogen and oxygen atoms in total. The molecule has 0 bridgehead atoms. The van der Waals surface area contributed by atoms with Crippen LogP contribution in [0.1, 0.15) is 18.7 Å². The number of aryl methyl sites for hydroxylation is 1. The summed E-state index contributed by atoms with van der Waals surface area (Å²) < 4.78 is 5.14. The average molecular weight is 378 g/mol. The highest BCUT2D eigenvalue weighted by Crippen LogP contribution is 2.21. The number of rotatable bonds is 6. The summed E-state index contributed by atoms with van der Waals surface area (Å²) in [5.41, 5.74) is 0.839. The number of nitrogens with one attached hydrogen (secondary N) is 1. The normalized spacial score (nSPS) is 16.4. The molecule has 1 saturated heterocycles. The molecule has 0 aliphatic carbocycles. The number of nitrogens with zero attached hydrogens (tertiary/aromatic N) is 5. The first-order valence-corrected chi connectivity index (χ1v) is 8.96. The van der Waals surface area contributed by atoms with Crippen molar-refractivity contribution in [2.24, 2.45) is 0 Å². The topological polar surface area (TPSA) is 114 Å². The van der Waals surface area contributed by atoms with Crippen LogP contribution in [0.15, 0.2) is 53.3 Å². The fraction of sp³-hybridized carbons (Fsp3) is 0.263. The van der Waals surface area contributed by atoms with E-state index in [2.05, 4.69) is 25.4 Å². The predicted octanol–water partition coefficient (Wildman–Crippen LogP) is 1.38. The van der Waals surface area contributed by atoms with Gasteiger partial charge in [-0.15, -0.1) is 0 Å². The number of anilines is 1. The van der Waals surface area contributed by atoms with Crippen molar-refractivity contribution in [1.82, 2.24) is 25.4 Å². The van der Waals surface area contributed by atoms with E-state index in [1.54, 1.807) is 23.4 Å². The van der Waals surface area contributed by atoms with E-state index in [0.29, 0.717) is 24.7 Å². The van der Waals surface area contributed by atoms with Crippen LogP contribution in [0.2, 0.25) is 0 Å². The molecule has 0 spiro atoms. The zero-order valence-corrected chi connectivity index (χ0v) is 15.0. The molecule has 28 heavy (non-hydrogen) atoms. The fourth-order valence-electron chi connectivity index (χ4n) is 3.03. The molecular weight excluding hydrogens is 360 g/mol. The zero-order chi connectivity index (χ0) is 19.3. The molecule has 4 rings (SSSR count). The van der Waals surface area contributed by atoms with E-state index in [0.717, 1.165) is 5.69 Å². The van der Waals surface area contributed by atoms with Gasteiger partial charge in [-0.05, 0) is 24.6 Å². The van der Waals surface area contributed by atoms with E-state index >= 15 is 0 Å². The number of carbonyl (C=O) groups is 2. The summed E-state index contributed by atoms with van der Waals surface area (Å²) in [5.74, 6) is 0.631. The minimum Gasteiger partial charge on any atom is -0.344 e. The third-order valence-electron chi connectivity index (χ3n) is 4.41. The van der Waals surface area contributed by atoms with Gasteiger partial charge in [-0.2, -0.15) is 4.98 Å². The van der Waals surface area contributed by atoms with Crippen molar-refractivity contribution < 1.29 is 14.1 Å². The van der Waals surface area contributed by atoms with Crippen LogP contribution in [-0.4, -0.2) is 44.5 Å². The maximum Gasteiger partial charge on any atom is 0.249 e. The summed E-state index contributed by atoms with van der Waals surface area (Å²) >= 11 is 0. The maximum atomic E-state index is 12.5. The summed E-state index contributed by atoms with van der Waals surface area (Å²) in [6.07, 6.45) is 4.17. The van der Waals surface area contributed by atoms with Crippen LogP contribution in [0.25, 0.3) is 11.6 Å². The Bertz CT molecular complexity index is 960. The fourth-order valence-corrected chi connectivity index (χ4v) is 3.03. The third kappa shape index (κ3) is 3.88. The smallest absolute Gasteiger partial charge is 0.249 e. The van der Waals surface area contributed by atoms with E-state index < -0.39 is 6.04 Å². The molecule has 1 atom stereocenters. The van der Waals surface area contributed by atoms with Crippen LogP contribution < -0.4 is 10.2 Å². The SMILES string of the molecule is O=C(CCc1nc(-c2ncccn2)no1)NC1CCN(c2ccccc2)C1=O. The lowest BCUT2D eigenvalue weighted by Gasteiger charge is -2.17. The maximum absolute atomic E-state index is 12.5. The van der Waals surface area contributed by atoms with Gasteiger partial charge in [0.25, 0.3) is 0 Å². The number of hydrogen-bond donors (Lipinski definition) is 1. The molecule has 9 heteroatoms. The molecule has 1 aliphatic rings. The molecule has 2 aromatic heterocycles. The molecule has 3 aromatic rings. The second-order valence-corrected chi connectivity index (χ2v) is 6.32. The van der Waals surface area contributed by atoms with Gasteiger partial charge in [0.15, 0.2) is 0 Å². The van der Waals surface area contributed by atoms with Gasteiger partial charge in [-0.3, -0.25) is 9.59 Å². The summed E-state index contributed by atoms with van der Waals surface area (Å²) in [4.78, 5) is 38.8. The molecule has 0 radical (unpaired) electrons. The summed E-state index contributed by atoms with van der Waals surface area (Å²) in [7, 11) is 0. The first-order chi connectivity index (χ1) is 13.7. The minimum atomic E-state index is -0.510. The molecule has 3 heterocycles. The Kier molecular flexibility index (Phi) is 5.05. The molecule has 1 N–H and O–H groups in total. The Morgan fingerprint density at radius 2 is 1.93 bits per heavy atom. The molecular formula is C19H18N6O3. The Balaban J connectivity index is 1.30. The number of benzene rings is 1. The van der Waals surface area contributed by atoms with Gasteiger partial charge in [0.1, 0.15) is 6.04 Å². The molecule has 142 valence electrons. The number of amides is 2. The predicted molar refractivity (Wildman–Crippen MR) is 99.0 cm³/mol. The largest absolute Gasteiger partial charge is 0.344 e. The van der Waals surface area contributed by atoms with Crippen molar-refractivity contribution in [2.75, 3.05) is 11.4 Å². The monoisotopic (exact) mass is 378 g/mol. The van der Waals surface area contributed by atoms with E-state index in [4.69, 9.17) is 4.52 Å². The highest BCUT2D eigenvalue weighted by molar-refractivity contribution is 6.01. The standard InChI is InChI=1S/C19H18N6O3/c26-15(7-8-16-23-18(24-28-16)17-20-10-4-11-21-17)22-14-9-12-25(19(14)27)13-5-2-1-3-6-13/h1-6,10-11,14H,7-9,12H2,(H,22,26). The van der Waals surface area contributed by atoms with Crippen molar-refractivity contribution in [1.29, 1.82) is 0 Å². The highest BCUT2D eigenvalue weighted by atomic mass is 16.5. The van der Waals surface area contributed by atoms with Crippen LogP contribution in [0.5, 0.6) is 0 Å². The minimum absolute atomic E-state index is 0.0964. The second kappa shape index (κ2) is 7.95. The van der Waals surface area contributed by atoms with Crippen LogP contribution in [0, 0.1) is 0 Å². The van der Waals surface area contributed by atoms with E-state index in [1.807, 2.05) is 30.3 Å². The van der Waals surface area contributed by atoms with Gasteiger partial charge in [-0.1, -0.05) is 23.4 Å². The number of hydrogen-bond acceptors (Lipinski definition) is 7. The Morgan fingerprint density at radius 1 is 1.14 bits per heavy atom. The van der Waals surface area contributed by atoms with Crippen LogP contribution in [0.3, 0.4) is 0 Å². The Morgan fingerprint density at radius 3 is 2.71 bits per heavy atom. The van der Waals surface area contributed by atoms with E-state index in [1.165, 1.54) is 0 Å². The number of para-hydroxylation sites is 1. The van der Waals surface area contributed by atoms with Gasteiger partial charge >= 0.3 is 0 Å². The second-order valence-electron chi connectivity index (χ2n) is 6.32. The van der Waals surface area contributed by atoms with Crippen LogP contribution in [-0.2, 0) is 16.0 Å². The van der Waals surface area contributed by atoms with Crippen LogP contribution >= 0.6 is 0 Å². The Hall–Kier alpha value is -3.62. The van der Waals surface area contributed by atoms with Crippen molar-refractivity contribution in [3.8, 4) is 11.6 Å². The third-order valence-corrected chi connectivity index (χ3v) is 4.41. The molecule has 1 fully saturated rings. The van der Waals surface area contributed by atoms with Gasteiger partial charge in [-0.25, -0.2) is 9.97 Å². The molecule has 2 amide bonds. The lowest BCUT2D eigenvalue weighted by atomic mass is 10.2. The average Bonchev–Trinajstić information content (AvgIpc) is 3.35. The van der Waals surface area contributed by atoms with Crippen molar-refractivity contribution in [2.45, 2.75) is 25.3 Å². The molecule has 1 aromatic carbocycles. The van der Waals surface area contributed by atoms with E-state index in [-0.39, 0.29) is 30.5 Å². The quantitative estimate of drug-likeness (QED) is 0.689. The number of aromatic nitrogens is 4. The molecule has 1 unspecified atom stereocenters. The Labute approximate surface area is 160 Å². The number of carbonyl (C=O) groups excluding carboxylic acids is 2. The molecule has 0 saturated carbocycles. The van der Waals surface area contributed by atoms with Crippen LogP contribution in [0.4, 0.5) is 5.69 Å².